The number of halogens is 2. The molecule has 0 aliphatic heterocycles. The van der Waals surface area contributed by atoms with E-state index in [4.69, 9.17) is 0 Å². The topological polar surface area (TPSA) is 0 Å². The molecule has 1 aromatic carbocycles. The van der Waals surface area contributed by atoms with Crippen LogP contribution in [0.15, 0.2) is 12.1 Å². The summed E-state index contributed by atoms with van der Waals surface area (Å²) in [5.41, 5.74) is 1.69. The Labute approximate surface area is 114 Å². The minimum Gasteiger partial charge on any atom is -0.204 e. The SMILES string of the molecule is CC1CCC(C2CCc3c(ccc(F)c3F)C2)CC1. The first-order chi connectivity index (χ1) is 9.15. The molecule has 2 aliphatic carbocycles. The fourth-order valence-electron chi connectivity index (χ4n) is 3.97. The third-order valence-electron chi connectivity index (χ3n) is 5.27. The highest BCUT2D eigenvalue weighted by molar-refractivity contribution is 5.32. The molecule has 0 radical (unpaired) electrons. The molecule has 2 aliphatic rings. The van der Waals surface area contributed by atoms with Gasteiger partial charge in [-0.3, -0.25) is 0 Å². The maximum absolute atomic E-state index is 13.7. The Morgan fingerprint density at radius 2 is 1.68 bits per heavy atom. The Hall–Kier alpha value is -0.920. The fraction of sp³-hybridized carbons (Fsp3) is 0.647. The standard InChI is InChI=1S/C17H22F2/c1-11-2-4-12(5-3-11)13-6-8-15-14(10-13)7-9-16(18)17(15)19/h7,9,11-13H,2-6,8,10H2,1H3. The lowest BCUT2D eigenvalue weighted by Crippen LogP contribution is -2.26. The fourth-order valence-corrected chi connectivity index (χ4v) is 3.97. The maximum Gasteiger partial charge on any atom is 0.162 e. The van der Waals surface area contributed by atoms with Gasteiger partial charge in [-0.2, -0.15) is 0 Å². The molecule has 1 saturated carbocycles. The van der Waals surface area contributed by atoms with Gasteiger partial charge < -0.3 is 0 Å². The molecule has 0 N–H and O–H groups in total. The summed E-state index contributed by atoms with van der Waals surface area (Å²) in [7, 11) is 0. The van der Waals surface area contributed by atoms with Gasteiger partial charge in [0.05, 0.1) is 0 Å². The smallest absolute Gasteiger partial charge is 0.162 e. The summed E-state index contributed by atoms with van der Waals surface area (Å²) in [6, 6.07) is 3.09. The predicted octanol–water partition coefficient (Wildman–Crippen LogP) is 4.90. The average Bonchev–Trinajstić information content (AvgIpc) is 2.43. The first-order valence-corrected chi connectivity index (χ1v) is 7.61. The molecule has 0 spiro atoms. The highest BCUT2D eigenvalue weighted by atomic mass is 19.2. The van der Waals surface area contributed by atoms with Crippen LogP contribution in [0, 0.1) is 29.4 Å². The lowest BCUT2D eigenvalue weighted by atomic mass is 9.70. The van der Waals surface area contributed by atoms with E-state index in [-0.39, 0.29) is 0 Å². The maximum atomic E-state index is 13.7. The molecule has 0 heterocycles. The monoisotopic (exact) mass is 264 g/mol. The molecule has 104 valence electrons. The Morgan fingerprint density at radius 3 is 2.42 bits per heavy atom. The van der Waals surface area contributed by atoms with Crippen LogP contribution in [-0.4, -0.2) is 0 Å². The second kappa shape index (κ2) is 5.22. The van der Waals surface area contributed by atoms with Crippen LogP contribution in [0.1, 0.15) is 50.2 Å². The second-order valence-corrected chi connectivity index (χ2v) is 6.52. The molecule has 0 saturated heterocycles. The summed E-state index contributed by atoms with van der Waals surface area (Å²) in [4.78, 5) is 0. The zero-order valence-corrected chi connectivity index (χ0v) is 11.6. The van der Waals surface area contributed by atoms with Gasteiger partial charge in [0, 0.05) is 0 Å². The van der Waals surface area contributed by atoms with E-state index in [0.29, 0.717) is 11.5 Å². The van der Waals surface area contributed by atoms with Gasteiger partial charge in [-0.25, -0.2) is 8.78 Å². The zero-order valence-electron chi connectivity index (χ0n) is 11.6. The zero-order chi connectivity index (χ0) is 13.4. The predicted molar refractivity (Wildman–Crippen MR) is 73.0 cm³/mol. The molecular formula is C17H22F2. The van der Waals surface area contributed by atoms with Crippen molar-refractivity contribution in [3.05, 3.63) is 34.9 Å². The van der Waals surface area contributed by atoms with Crippen LogP contribution in [0.2, 0.25) is 0 Å². The highest BCUT2D eigenvalue weighted by Gasteiger charge is 2.30. The summed E-state index contributed by atoms with van der Waals surface area (Å²) >= 11 is 0. The number of hydrogen-bond acceptors (Lipinski definition) is 0. The van der Waals surface area contributed by atoms with Gasteiger partial charge in [-0.05, 0) is 67.1 Å². The van der Waals surface area contributed by atoms with Crippen molar-refractivity contribution in [2.45, 2.75) is 51.9 Å². The molecule has 0 aromatic heterocycles. The first kappa shape index (κ1) is 13.1. The highest BCUT2D eigenvalue weighted by Crippen LogP contribution is 2.39. The van der Waals surface area contributed by atoms with Crippen molar-refractivity contribution in [1.82, 2.24) is 0 Å². The summed E-state index contributed by atoms with van der Waals surface area (Å²) in [6.07, 6.45) is 8.03. The van der Waals surface area contributed by atoms with Gasteiger partial charge in [-0.15, -0.1) is 0 Å². The van der Waals surface area contributed by atoms with E-state index in [0.717, 1.165) is 36.7 Å². The first-order valence-electron chi connectivity index (χ1n) is 7.61. The molecule has 1 fully saturated rings. The van der Waals surface area contributed by atoms with Gasteiger partial charge in [-0.1, -0.05) is 25.8 Å². The third kappa shape index (κ3) is 2.54. The van der Waals surface area contributed by atoms with Crippen LogP contribution in [0.5, 0.6) is 0 Å². The molecule has 0 amide bonds. The number of rotatable bonds is 1. The summed E-state index contributed by atoms with van der Waals surface area (Å²) in [6.45, 7) is 2.34. The van der Waals surface area contributed by atoms with Crippen molar-refractivity contribution >= 4 is 0 Å². The summed E-state index contributed by atoms with van der Waals surface area (Å²) < 4.78 is 27.0. The van der Waals surface area contributed by atoms with Crippen LogP contribution in [0.4, 0.5) is 8.78 Å². The summed E-state index contributed by atoms with van der Waals surface area (Å²) in [5, 5.41) is 0. The minimum atomic E-state index is -0.691. The number of fused-ring (bicyclic) bond motifs is 1. The van der Waals surface area contributed by atoms with E-state index in [1.807, 2.05) is 0 Å². The molecule has 0 nitrogen and oxygen atoms in total. The van der Waals surface area contributed by atoms with Crippen molar-refractivity contribution in [2.24, 2.45) is 17.8 Å². The van der Waals surface area contributed by atoms with Gasteiger partial charge in [0.1, 0.15) is 0 Å². The molecule has 3 rings (SSSR count). The Morgan fingerprint density at radius 1 is 0.947 bits per heavy atom. The van der Waals surface area contributed by atoms with Crippen LogP contribution in [0.25, 0.3) is 0 Å². The second-order valence-electron chi connectivity index (χ2n) is 6.52. The van der Waals surface area contributed by atoms with Gasteiger partial charge in [0.15, 0.2) is 11.6 Å². The van der Waals surface area contributed by atoms with Crippen molar-refractivity contribution < 1.29 is 8.78 Å². The number of hydrogen-bond donors (Lipinski definition) is 0. The van der Waals surface area contributed by atoms with Crippen molar-refractivity contribution in [3.8, 4) is 0 Å². The van der Waals surface area contributed by atoms with E-state index in [1.54, 1.807) is 6.07 Å². The van der Waals surface area contributed by atoms with Gasteiger partial charge in [0.25, 0.3) is 0 Å². The molecule has 19 heavy (non-hydrogen) atoms. The van der Waals surface area contributed by atoms with Crippen LogP contribution in [-0.2, 0) is 12.8 Å². The average molecular weight is 264 g/mol. The normalized spacial score (nSPS) is 31.0. The molecular weight excluding hydrogens is 242 g/mol. The van der Waals surface area contributed by atoms with Crippen LogP contribution >= 0.6 is 0 Å². The molecule has 1 atom stereocenters. The van der Waals surface area contributed by atoms with E-state index in [1.165, 1.54) is 31.7 Å². The lowest BCUT2D eigenvalue weighted by Gasteiger charge is -2.35. The van der Waals surface area contributed by atoms with E-state index in [2.05, 4.69) is 6.92 Å². The largest absolute Gasteiger partial charge is 0.204 e. The van der Waals surface area contributed by atoms with E-state index >= 15 is 0 Å². The van der Waals surface area contributed by atoms with Gasteiger partial charge in [0.2, 0.25) is 0 Å². The van der Waals surface area contributed by atoms with E-state index < -0.39 is 11.6 Å². The van der Waals surface area contributed by atoms with Crippen molar-refractivity contribution in [2.75, 3.05) is 0 Å². The Kier molecular flexibility index (Phi) is 3.60. The molecule has 2 heteroatoms. The van der Waals surface area contributed by atoms with Crippen LogP contribution in [0.3, 0.4) is 0 Å². The Balaban J connectivity index is 1.74. The summed E-state index contributed by atoms with van der Waals surface area (Å²) in [5.74, 6) is 1.07. The molecule has 0 bridgehead atoms. The quantitative estimate of drug-likeness (QED) is 0.677. The lowest BCUT2D eigenvalue weighted by molar-refractivity contribution is 0.196. The Bertz CT molecular complexity index is 459. The number of benzene rings is 1. The van der Waals surface area contributed by atoms with E-state index in [9.17, 15) is 8.78 Å². The minimum absolute atomic E-state index is 0.604. The van der Waals surface area contributed by atoms with Crippen molar-refractivity contribution in [1.29, 1.82) is 0 Å². The molecule has 1 aromatic rings. The van der Waals surface area contributed by atoms with Gasteiger partial charge >= 0.3 is 0 Å². The third-order valence-corrected chi connectivity index (χ3v) is 5.27. The van der Waals surface area contributed by atoms with Crippen LogP contribution < -0.4 is 0 Å². The molecule has 1 unspecified atom stereocenters. The van der Waals surface area contributed by atoms with Crippen molar-refractivity contribution in [3.63, 3.8) is 0 Å².